The maximum atomic E-state index is 13.4. The molecule has 0 saturated carbocycles. The first-order chi connectivity index (χ1) is 14.7. The van der Waals surface area contributed by atoms with Crippen LogP contribution in [0.15, 0.2) is 59.7 Å². The fourth-order valence-corrected chi connectivity index (χ4v) is 3.71. The highest BCUT2D eigenvalue weighted by Crippen LogP contribution is 2.40. The molecule has 1 atom stereocenters. The van der Waals surface area contributed by atoms with Crippen LogP contribution in [-0.4, -0.2) is 27.9 Å². The van der Waals surface area contributed by atoms with E-state index in [0.717, 1.165) is 36.8 Å². The summed E-state index contributed by atoms with van der Waals surface area (Å²) in [6.07, 6.45) is -1.16. The molecule has 3 rings (SSSR count). The van der Waals surface area contributed by atoms with Crippen molar-refractivity contribution >= 4 is 11.6 Å². The first kappa shape index (κ1) is 23.0. The van der Waals surface area contributed by atoms with Gasteiger partial charge < -0.3 is 5.11 Å². The average Bonchev–Trinajstić information content (AvgIpc) is 3.13. The van der Waals surface area contributed by atoms with Crippen molar-refractivity contribution in [3.63, 3.8) is 0 Å². The van der Waals surface area contributed by atoms with Gasteiger partial charge in [-0.3, -0.25) is 4.79 Å². The third-order valence-corrected chi connectivity index (χ3v) is 5.50. The Balaban J connectivity index is 1.81. The number of nitrogens with zero attached hydrogens (tertiary/aromatic N) is 2. The van der Waals surface area contributed by atoms with Gasteiger partial charge in [0, 0.05) is 12.0 Å². The highest BCUT2D eigenvalue weighted by atomic mass is 19.4. The monoisotopic (exact) mass is 432 g/mol. The number of unbranched alkanes of at least 4 members (excludes halogenated alkanes) is 2. The van der Waals surface area contributed by atoms with Gasteiger partial charge in [0.1, 0.15) is 5.71 Å². The summed E-state index contributed by atoms with van der Waals surface area (Å²) in [6, 6.07) is 15.9. The molecule has 2 aromatic carbocycles. The van der Waals surface area contributed by atoms with Gasteiger partial charge in [0.05, 0.1) is 6.42 Å². The lowest BCUT2D eigenvalue weighted by Gasteiger charge is -2.31. The number of hydrogen-bond donors (Lipinski definition) is 1. The number of alkyl halides is 3. The number of aliphatic hydroxyl groups is 1. The largest absolute Gasteiger partial charge is 0.431 e. The molecule has 7 heteroatoms. The molecule has 1 aliphatic rings. The molecule has 0 aliphatic carbocycles. The van der Waals surface area contributed by atoms with Gasteiger partial charge in [-0.05, 0) is 30.4 Å². The van der Waals surface area contributed by atoms with E-state index in [-0.39, 0.29) is 12.0 Å². The van der Waals surface area contributed by atoms with Gasteiger partial charge >= 0.3 is 6.18 Å². The second-order valence-corrected chi connectivity index (χ2v) is 7.88. The van der Waals surface area contributed by atoms with Crippen LogP contribution in [0.25, 0.3) is 0 Å². The van der Waals surface area contributed by atoms with E-state index >= 15 is 0 Å². The summed E-state index contributed by atoms with van der Waals surface area (Å²) in [5, 5.41) is 15.3. The van der Waals surface area contributed by atoms with Crippen LogP contribution in [0.4, 0.5) is 13.2 Å². The Kier molecular flexibility index (Phi) is 7.15. The lowest BCUT2D eigenvalue weighted by atomic mass is 9.94. The minimum absolute atomic E-state index is 0.0595. The number of rotatable bonds is 8. The van der Waals surface area contributed by atoms with Crippen LogP contribution in [0.3, 0.4) is 0 Å². The Morgan fingerprint density at radius 1 is 1.03 bits per heavy atom. The number of halogens is 3. The Bertz CT molecular complexity index is 911. The summed E-state index contributed by atoms with van der Waals surface area (Å²) in [4.78, 5) is 12.8. The molecular formula is C24H27F3N2O2. The lowest BCUT2D eigenvalue weighted by molar-refractivity contribution is -0.157. The smallest absolute Gasteiger partial charge is 0.365 e. The molecule has 1 heterocycles. The molecule has 1 amide bonds. The molecule has 1 aliphatic heterocycles. The third-order valence-electron chi connectivity index (χ3n) is 5.50. The summed E-state index contributed by atoms with van der Waals surface area (Å²) in [5.74, 6) is -0.655. The number of carbonyl (C=O) groups is 1. The molecule has 31 heavy (non-hydrogen) atoms. The Hall–Kier alpha value is -2.67. The van der Waals surface area contributed by atoms with Crippen molar-refractivity contribution in [2.45, 2.75) is 63.8 Å². The quantitative estimate of drug-likeness (QED) is 0.572. The van der Waals surface area contributed by atoms with E-state index < -0.39 is 29.9 Å². The lowest BCUT2D eigenvalue weighted by Crippen LogP contribution is -2.43. The number of hydrazone groups is 1. The van der Waals surface area contributed by atoms with Crippen LogP contribution in [-0.2, 0) is 23.4 Å². The van der Waals surface area contributed by atoms with Crippen molar-refractivity contribution in [1.82, 2.24) is 5.01 Å². The third kappa shape index (κ3) is 5.53. The zero-order valence-electron chi connectivity index (χ0n) is 17.5. The van der Waals surface area contributed by atoms with Gasteiger partial charge in [0.15, 0.2) is 5.72 Å². The SMILES string of the molecule is CCCCCc1ccc([C@@]2(O)CC(C(F)(F)F)=NN2C(=O)CCc2ccccc2)cc1. The van der Waals surface area contributed by atoms with Gasteiger partial charge in [-0.15, -0.1) is 0 Å². The van der Waals surface area contributed by atoms with Crippen molar-refractivity contribution in [3.05, 3.63) is 71.3 Å². The average molecular weight is 432 g/mol. The fourth-order valence-electron chi connectivity index (χ4n) is 3.71. The predicted octanol–water partition coefficient (Wildman–Crippen LogP) is 5.35. The van der Waals surface area contributed by atoms with E-state index in [1.165, 1.54) is 0 Å². The first-order valence-electron chi connectivity index (χ1n) is 10.6. The molecule has 0 bridgehead atoms. The normalized spacial score (nSPS) is 18.9. The van der Waals surface area contributed by atoms with Crippen molar-refractivity contribution in [2.24, 2.45) is 5.10 Å². The van der Waals surface area contributed by atoms with Crippen LogP contribution < -0.4 is 0 Å². The molecule has 2 aromatic rings. The molecule has 0 unspecified atom stereocenters. The predicted molar refractivity (Wildman–Crippen MR) is 113 cm³/mol. The van der Waals surface area contributed by atoms with Crippen LogP contribution in [0.2, 0.25) is 0 Å². The zero-order valence-corrected chi connectivity index (χ0v) is 17.5. The highest BCUT2D eigenvalue weighted by molar-refractivity contribution is 5.94. The van der Waals surface area contributed by atoms with E-state index in [9.17, 15) is 23.1 Å². The molecule has 0 spiro atoms. The van der Waals surface area contributed by atoms with Crippen molar-refractivity contribution in [2.75, 3.05) is 0 Å². The second kappa shape index (κ2) is 9.64. The van der Waals surface area contributed by atoms with Gasteiger partial charge in [0.25, 0.3) is 0 Å². The standard InChI is InChI=1S/C24H27F3N2O2/c1-2-3-5-8-19-11-14-20(15-12-19)23(31)17-21(24(25,26)27)28-29(23)22(30)16-13-18-9-6-4-7-10-18/h4,6-7,9-12,14-15,31H,2-3,5,8,13,16-17H2,1H3/t23-/m0/s1. The molecule has 4 nitrogen and oxygen atoms in total. The molecule has 0 saturated heterocycles. The number of carbonyl (C=O) groups excluding carboxylic acids is 1. The van der Waals surface area contributed by atoms with Crippen molar-refractivity contribution in [3.8, 4) is 0 Å². The molecular weight excluding hydrogens is 405 g/mol. The molecule has 0 fully saturated rings. The van der Waals surface area contributed by atoms with Crippen LogP contribution in [0.1, 0.15) is 55.7 Å². The number of hydrogen-bond acceptors (Lipinski definition) is 3. The van der Waals surface area contributed by atoms with E-state index in [2.05, 4.69) is 12.0 Å². The summed E-state index contributed by atoms with van der Waals surface area (Å²) >= 11 is 0. The van der Waals surface area contributed by atoms with Gasteiger partial charge in [-0.1, -0.05) is 74.4 Å². The maximum absolute atomic E-state index is 13.4. The molecule has 0 radical (unpaired) electrons. The highest BCUT2D eigenvalue weighted by Gasteiger charge is 2.52. The molecule has 1 N–H and O–H groups in total. The Labute approximate surface area is 180 Å². The first-order valence-corrected chi connectivity index (χ1v) is 10.6. The van der Waals surface area contributed by atoms with E-state index in [1.54, 1.807) is 24.3 Å². The van der Waals surface area contributed by atoms with Gasteiger partial charge in [-0.25, -0.2) is 0 Å². The minimum atomic E-state index is -4.72. The van der Waals surface area contributed by atoms with Gasteiger partial charge in [-0.2, -0.15) is 23.3 Å². The second-order valence-electron chi connectivity index (χ2n) is 7.88. The van der Waals surface area contributed by atoms with Crippen LogP contribution >= 0.6 is 0 Å². The fraction of sp³-hybridized carbons (Fsp3) is 0.417. The number of aryl methyl sites for hydroxylation is 2. The number of amides is 1. The summed E-state index contributed by atoms with van der Waals surface area (Å²) in [6.45, 7) is 2.11. The Morgan fingerprint density at radius 2 is 1.68 bits per heavy atom. The molecule has 0 aromatic heterocycles. The zero-order chi connectivity index (χ0) is 22.5. The topological polar surface area (TPSA) is 52.9 Å². The molecule has 166 valence electrons. The van der Waals surface area contributed by atoms with E-state index in [1.807, 2.05) is 30.3 Å². The summed E-state index contributed by atoms with van der Waals surface area (Å²) in [5.41, 5.74) is -1.16. The van der Waals surface area contributed by atoms with Crippen molar-refractivity contribution < 1.29 is 23.1 Å². The number of benzene rings is 2. The summed E-state index contributed by atoms with van der Waals surface area (Å²) in [7, 11) is 0. The van der Waals surface area contributed by atoms with Gasteiger partial charge in [0.2, 0.25) is 5.91 Å². The minimum Gasteiger partial charge on any atom is -0.365 e. The maximum Gasteiger partial charge on any atom is 0.431 e. The van der Waals surface area contributed by atoms with Crippen LogP contribution in [0, 0.1) is 0 Å². The van der Waals surface area contributed by atoms with E-state index in [0.29, 0.717) is 11.4 Å². The Morgan fingerprint density at radius 3 is 2.29 bits per heavy atom. The summed E-state index contributed by atoms with van der Waals surface area (Å²) < 4.78 is 40.1. The van der Waals surface area contributed by atoms with Crippen LogP contribution in [0.5, 0.6) is 0 Å². The van der Waals surface area contributed by atoms with E-state index in [4.69, 9.17) is 0 Å². The van der Waals surface area contributed by atoms with Crippen molar-refractivity contribution in [1.29, 1.82) is 0 Å².